The van der Waals surface area contributed by atoms with Gasteiger partial charge in [0.25, 0.3) is 0 Å². The van der Waals surface area contributed by atoms with Crippen molar-refractivity contribution in [2.45, 2.75) is 25.7 Å². The monoisotopic (exact) mass is 237 g/mol. The minimum atomic E-state index is -1.09. The Bertz CT molecular complexity index is 412. The van der Waals surface area contributed by atoms with Crippen molar-refractivity contribution >= 4 is 11.7 Å². The summed E-state index contributed by atoms with van der Waals surface area (Å²) in [6, 6.07) is 4.14. The van der Waals surface area contributed by atoms with Crippen LogP contribution in [0.15, 0.2) is 18.2 Å². The van der Waals surface area contributed by atoms with Crippen LogP contribution < -0.4 is 4.90 Å². The van der Waals surface area contributed by atoms with Gasteiger partial charge < -0.3 is 10.0 Å². The molecule has 4 heteroatoms. The zero-order valence-corrected chi connectivity index (χ0v) is 9.66. The lowest BCUT2D eigenvalue weighted by atomic mass is 10.2. The van der Waals surface area contributed by atoms with Gasteiger partial charge in [0.05, 0.1) is 11.3 Å². The third-order valence-electron chi connectivity index (χ3n) is 3.14. The molecule has 0 saturated carbocycles. The Morgan fingerprint density at radius 3 is 2.35 bits per heavy atom. The molecule has 1 aromatic carbocycles. The number of nitrogens with zero attached hydrogens (tertiary/aromatic N) is 1. The Balaban J connectivity index is 2.22. The maximum Gasteiger partial charge on any atom is 0.335 e. The molecule has 1 N–H and O–H groups in total. The van der Waals surface area contributed by atoms with Gasteiger partial charge >= 0.3 is 5.97 Å². The average molecular weight is 237 g/mol. The second kappa shape index (κ2) is 5.17. The molecule has 0 atom stereocenters. The molecule has 1 saturated heterocycles. The highest BCUT2D eigenvalue weighted by Crippen LogP contribution is 2.23. The number of anilines is 1. The predicted molar refractivity (Wildman–Crippen MR) is 64.0 cm³/mol. The third kappa shape index (κ3) is 2.75. The molecule has 0 amide bonds. The molecule has 0 aromatic heterocycles. The van der Waals surface area contributed by atoms with Crippen molar-refractivity contribution in [2.24, 2.45) is 0 Å². The maximum absolute atomic E-state index is 13.8. The van der Waals surface area contributed by atoms with Gasteiger partial charge in [-0.1, -0.05) is 12.8 Å². The zero-order chi connectivity index (χ0) is 12.3. The average Bonchev–Trinajstić information content (AvgIpc) is 2.57. The minimum absolute atomic E-state index is 0.000993. The van der Waals surface area contributed by atoms with Crippen molar-refractivity contribution in [3.63, 3.8) is 0 Å². The molecule has 0 aliphatic carbocycles. The molecular weight excluding hydrogens is 221 g/mol. The van der Waals surface area contributed by atoms with Crippen molar-refractivity contribution in [1.82, 2.24) is 0 Å². The summed E-state index contributed by atoms with van der Waals surface area (Å²) in [7, 11) is 0. The van der Waals surface area contributed by atoms with Crippen LogP contribution >= 0.6 is 0 Å². The van der Waals surface area contributed by atoms with E-state index in [2.05, 4.69) is 0 Å². The summed E-state index contributed by atoms with van der Waals surface area (Å²) in [6.45, 7) is 1.70. The first-order valence-corrected chi connectivity index (χ1v) is 5.96. The van der Waals surface area contributed by atoms with Crippen molar-refractivity contribution < 1.29 is 14.3 Å². The number of benzene rings is 1. The summed E-state index contributed by atoms with van der Waals surface area (Å²) in [6.07, 6.45) is 4.51. The fourth-order valence-corrected chi connectivity index (χ4v) is 2.21. The summed E-state index contributed by atoms with van der Waals surface area (Å²) in [4.78, 5) is 12.7. The van der Waals surface area contributed by atoms with E-state index in [4.69, 9.17) is 5.11 Å². The SMILES string of the molecule is O=C(O)c1ccc(N2CCCCCC2)c(F)c1. The smallest absolute Gasteiger partial charge is 0.335 e. The van der Waals surface area contributed by atoms with Crippen LogP contribution in [0, 0.1) is 5.82 Å². The standard InChI is InChI=1S/C13H16FNO2/c14-11-9-10(13(16)17)5-6-12(11)15-7-3-1-2-4-8-15/h5-6,9H,1-4,7-8H2,(H,16,17). The number of rotatable bonds is 2. The minimum Gasteiger partial charge on any atom is -0.478 e. The zero-order valence-electron chi connectivity index (χ0n) is 9.66. The first-order chi connectivity index (χ1) is 8.18. The van der Waals surface area contributed by atoms with Gasteiger partial charge in [-0.15, -0.1) is 0 Å². The molecule has 17 heavy (non-hydrogen) atoms. The highest BCUT2D eigenvalue weighted by molar-refractivity contribution is 5.88. The molecule has 1 aliphatic rings. The largest absolute Gasteiger partial charge is 0.478 e. The summed E-state index contributed by atoms with van der Waals surface area (Å²) >= 11 is 0. The molecule has 3 nitrogen and oxygen atoms in total. The van der Waals surface area contributed by atoms with Gasteiger partial charge in [-0.3, -0.25) is 0 Å². The molecule has 0 unspecified atom stereocenters. The highest BCUT2D eigenvalue weighted by atomic mass is 19.1. The molecule has 1 fully saturated rings. The molecule has 1 aliphatic heterocycles. The second-order valence-corrected chi connectivity index (χ2v) is 4.37. The quantitative estimate of drug-likeness (QED) is 0.859. The molecule has 0 radical (unpaired) electrons. The predicted octanol–water partition coefficient (Wildman–Crippen LogP) is 2.90. The van der Waals surface area contributed by atoms with E-state index in [1.54, 1.807) is 6.07 Å². The van der Waals surface area contributed by atoms with Gasteiger partial charge in [0.15, 0.2) is 0 Å². The molecule has 92 valence electrons. The van der Waals surface area contributed by atoms with Crippen LogP contribution in [0.1, 0.15) is 36.0 Å². The Morgan fingerprint density at radius 2 is 1.82 bits per heavy atom. The normalized spacial score (nSPS) is 16.6. The van der Waals surface area contributed by atoms with E-state index in [-0.39, 0.29) is 5.56 Å². The number of carbonyl (C=O) groups is 1. The number of halogens is 1. The second-order valence-electron chi connectivity index (χ2n) is 4.37. The molecule has 0 bridgehead atoms. The molecule has 1 aromatic rings. The Morgan fingerprint density at radius 1 is 1.18 bits per heavy atom. The van der Waals surface area contributed by atoms with Crippen LogP contribution in [0.5, 0.6) is 0 Å². The van der Waals surface area contributed by atoms with Gasteiger partial charge in [-0.25, -0.2) is 9.18 Å². The number of hydrogen-bond acceptors (Lipinski definition) is 2. The van der Waals surface area contributed by atoms with Gasteiger partial charge in [-0.05, 0) is 31.0 Å². The number of hydrogen-bond donors (Lipinski definition) is 1. The van der Waals surface area contributed by atoms with E-state index in [1.165, 1.54) is 18.9 Å². The number of carboxylic acid groups (broad SMARTS) is 1. The third-order valence-corrected chi connectivity index (χ3v) is 3.14. The molecule has 1 heterocycles. The van der Waals surface area contributed by atoms with Crippen LogP contribution in [0.3, 0.4) is 0 Å². The Labute approximate surface area is 99.9 Å². The highest BCUT2D eigenvalue weighted by Gasteiger charge is 2.15. The lowest BCUT2D eigenvalue weighted by molar-refractivity contribution is 0.0696. The lowest BCUT2D eigenvalue weighted by Gasteiger charge is -2.23. The summed E-state index contributed by atoms with van der Waals surface area (Å²) in [5.74, 6) is -1.53. The Hall–Kier alpha value is -1.58. The van der Waals surface area contributed by atoms with Crippen molar-refractivity contribution in [3.8, 4) is 0 Å². The van der Waals surface area contributed by atoms with Crippen LogP contribution in [0.25, 0.3) is 0 Å². The van der Waals surface area contributed by atoms with Crippen molar-refractivity contribution in [3.05, 3.63) is 29.6 Å². The van der Waals surface area contributed by atoms with Gasteiger partial charge in [0.1, 0.15) is 5.82 Å². The van der Waals surface area contributed by atoms with Crippen LogP contribution in [0.4, 0.5) is 10.1 Å². The Kier molecular flexibility index (Phi) is 3.61. The van der Waals surface area contributed by atoms with Gasteiger partial charge in [-0.2, -0.15) is 0 Å². The fourth-order valence-electron chi connectivity index (χ4n) is 2.21. The van der Waals surface area contributed by atoms with E-state index in [1.807, 2.05) is 4.90 Å². The molecule has 0 spiro atoms. The van der Waals surface area contributed by atoms with Crippen molar-refractivity contribution in [2.75, 3.05) is 18.0 Å². The number of aromatic carboxylic acids is 1. The van der Waals surface area contributed by atoms with Crippen LogP contribution in [-0.2, 0) is 0 Å². The topological polar surface area (TPSA) is 40.5 Å². The van der Waals surface area contributed by atoms with E-state index in [9.17, 15) is 9.18 Å². The van der Waals surface area contributed by atoms with Crippen LogP contribution in [0.2, 0.25) is 0 Å². The fraction of sp³-hybridized carbons (Fsp3) is 0.462. The van der Waals surface area contributed by atoms with E-state index in [0.29, 0.717) is 5.69 Å². The molecular formula is C13H16FNO2. The summed E-state index contributed by atoms with van der Waals surface area (Å²) in [5, 5.41) is 8.78. The summed E-state index contributed by atoms with van der Waals surface area (Å²) < 4.78 is 13.8. The lowest BCUT2D eigenvalue weighted by Crippen LogP contribution is -2.25. The van der Waals surface area contributed by atoms with Crippen molar-refractivity contribution in [1.29, 1.82) is 0 Å². The maximum atomic E-state index is 13.8. The van der Waals surface area contributed by atoms with Crippen LogP contribution in [-0.4, -0.2) is 24.2 Å². The first kappa shape index (κ1) is 11.9. The number of carboxylic acids is 1. The van der Waals surface area contributed by atoms with Gasteiger partial charge in [0.2, 0.25) is 0 Å². The summed E-state index contributed by atoms with van der Waals surface area (Å²) in [5.41, 5.74) is 0.526. The molecule has 2 rings (SSSR count). The van der Waals surface area contributed by atoms with E-state index >= 15 is 0 Å². The van der Waals surface area contributed by atoms with E-state index < -0.39 is 11.8 Å². The van der Waals surface area contributed by atoms with E-state index in [0.717, 1.165) is 32.0 Å². The first-order valence-electron chi connectivity index (χ1n) is 5.96. The van der Waals surface area contributed by atoms with Gasteiger partial charge in [0, 0.05) is 13.1 Å².